The Hall–Kier alpha value is -4.62. The van der Waals surface area contributed by atoms with E-state index in [1.807, 2.05) is 24.1 Å². The molecule has 1 aliphatic heterocycles. The normalized spacial score (nSPS) is 13.3. The summed E-state index contributed by atoms with van der Waals surface area (Å²) in [5.74, 6) is 2.81. The van der Waals surface area contributed by atoms with E-state index >= 15 is 0 Å². The summed E-state index contributed by atoms with van der Waals surface area (Å²) in [5.41, 5.74) is 3.89. The van der Waals surface area contributed by atoms with Crippen molar-refractivity contribution in [1.29, 1.82) is 0 Å². The number of hydrogen-bond donors (Lipinski definition) is 2. The Balaban J connectivity index is 1.41. The number of rotatable bonds is 5. The van der Waals surface area contributed by atoms with Crippen molar-refractivity contribution < 1.29 is 9.53 Å². The molecule has 4 aromatic rings. The van der Waals surface area contributed by atoms with Crippen molar-refractivity contribution in [1.82, 2.24) is 24.9 Å². The summed E-state index contributed by atoms with van der Waals surface area (Å²) in [6, 6.07) is 9.11. The van der Waals surface area contributed by atoms with E-state index in [2.05, 4.69) is 40.5 Å². The topological polar surface area (TPSA) is 118 Å². The van der Waals surface area contributed by atoms with Crippen LogP contribution in [0, 0.1) is 12.3 Å². The number of morpholine rings is 1. The fourth-order valence-corrected chi connectivity index (χ4v) is 3.60. The van der Waals surface area contributed by atoms with Gasteiger partial charge in [-0.25, -0.2) is 15.0 Å². The van der Waals surface area contributed by atoms with E-state index in [0.717, 1.165) is 30.2 Å². The number of amides is 1. The molecule has 0 radical (unpaired) electrons. The standard InChI is InChI=1S/C24H20N8O2/c1-2-22(33)29-16-5-7-25-19(13-16)18-6-8-26-20-15-28-24(31-23(18)20)30-17-3-4-21(27-14-17)32-9-11-34-12-10-32/h1,3-8,13-15H,9-12H2,(H,25,29,33)(H,28,30,31). The predicted octanol–water partition coefficient (Wildman–Crippen LogP) is 2.63. The van der Waals surface area contributed by atoms with E-state index in [9.17, 15) is 4.79 Å². The fourth-order valence-electron chi connectivity index (χ4n) is 3.60. The lowest BCUT2D eigenvalue weighted by atomic mass is 10.1. The van der Waals surface area contributed by atoms with Crippen LogP contribution in [-0.2, 0) is 9.53 Å². The number of hydrogen-bond acceptors (Lipinski definition) is 9. The summed E-state index contributed by atoms with van der Waals surface area (Å²) in [4.78, 5) is 36.1. The number of carbonyl (C=O) groups is 1. The SMILES string of the molecule is C#CC(=O)Nc1ccnc(-c2ccnc3cnc(Nc4ccc(N5CCOCC5)nc4)nc23)c1. The molecule has 0 bridgehead atoms. The number of aromatic nitrogens is 5. The lowest BCUT2D eigenvalue weighted by Gasteiger charge is -2.27. The first-order chi connectivity index (χ1) is 16.7. The molecule has 0 spiro atoms. The number of nitrogens with one attached hydrogen (secondary N) is 2. The number of nitrogens with zero attached hydrogens (tertiary/aromatic N) is 6. The molecule has 1 amide bonds. The Kier molecular flexibility index (Phi) is 5.92. The Morgan fingerprint density at radius 3 is 2.65 bits per heavy atom. The zero-order valence-corrected chi connectivity index (χ0v) is 18.1. The minimum absolute atomic E-state index is 0.402. The van der Waals surface area contributed by atoms with Gasteiger partial charge >= 0.3 is 0 Å². The number of anilines is 4. The predicted molar refractivity (Wildman–Crippen MR) is 129 cm³/mol. The zero-order valence-electron chi connectivity index (χ0n) is 18.1. The van der Waals surface area contributed by atoms with Crippen molar-refractivity contribution in [3.8, 4) is 23.6 Å². The molecular weight excluding hydrogens is 432 g/mol. The summed E-state index contributed by atoms with van der Waals surface area (Å²) in [5, 5.41) is 5.82. The third-order valence-corrected chi connectivity index (χ3v) is 5.24. The second kappa shape index (κ2) is 9.48. The van der Waals surface area contributed by atoms with Crippen molar-refractivity contribution in [2.24, 2.45) is 0 Å². The van der Waals surface area contributed by atoms with Gasteiger partial charge in [-0.3, -0.25) is 14.8 Å². The first-order valence-electron chi connectivity index (χ1n) is 10.6. The summed E-state index contributed by atoms with van der Waals surface area (Å²) in [6.07, 6.45) is 11.8. The molecule has 5 rings (SSSR count). The van der Waals surface area contributed by atoms with Gasteiger partial charge in [0.2, 0.25) is 5.95 Å². The van der Waals surface area contributed by atoms with Crippen molar-refractivity contribution in [2.45, 2.75) is 0 Å². The number of pyridine rings is 3. The van der Waals surface area contributed by atoms with Crippen LogP contribution < -0.4 is 15.5 Å². The number of fused-ring (bicyclic) bond motifs is 1. The number of ether oxygens (including phenoxy) is 1. The van der Waals surface area contributed by atoms with Crippen LogP contribution in [0.25, 0.3) is 22.3 Å². The van der Waals surface area contributed by atoms with E-state index in [-0.39, 0.29) is 0 Å². The minimum atomic E-state index is -0.529. The Morgan fingerprint density at radius 1 is 1.00 bits per heavy atom. The maximum Gasteiger partial charge on any atom is 0.300 e. The molecule has 1 fully saturated rings. The lowest BCUT2D eigenvalue weighted by molar-refractivity contribution is -0.111. The average Bonchev–Trinajstić information content (AvgIpc) is 2.89. The van der Waals surface area contributed by atoms with Crippen LogP contribution in [0.5, 0.6) is 0 Å². The maximum atomic E-state index is 11.6. The molecule has 2 N–H and O–H groups in total. The van der Waals surface area contributed by atoms with Crippen LogP contribution in [-0.4, -0.2) is 57.1 Å². The average molecular weight is 452 g/mol. The molecule has 4 aromatic heterocycles. The Bertz CT molecular complexity index is 1380. The molecule has 0 aromatic carbocycles. The number of carbonyl (C=O) groups excluding carboxylic acids is 1. The Labute approximate surface area is 195 Å². The van der Waals surface area contributed by atoms with Crippen molar-refractivity contribution >= 4 is 40.1 Å². The van der Waals surface area contributed by atoms with Gasteiger partial charge < -0.3 is 20.3 Å². The fraction of sp³-hybridized carbons (Fsp3) is 0.167. The first kappa shape index (κ1) is 21.2. The van der Waals surface area contributed by atoms with Gasteiger partial charge in [0, 0.05) is 36.7 Å². The molecule has 10 heteroatoms. The van der Waals surface area contributed by atoms with Gasteiger partial charge in [-0.05, 0) is 36.3 Å². The van der Waals surface area contributed by atoms with Crippen molar-refractivity contribution in [3.05, 3.63) is 55.1 Å². The maximum absolute atomic E-state index is 11.6. The van der Waals surface area contributed by atoms with Gasteiger partial charge in [-0.2, -0.15) is 0 Å². The molecule has 0 aliphatic carbocycles. The molecule has 168 valence electrons. The number of terminal acetylenes is 1. The molecule has 0 atom stereocenters. The highest BCUT2D eigenvalue weighted by Gasteiger charge is 2.13. The largest absolute Gasteiger partial charge is 0.378 e. The molecular formula is C24H20N8O2. The monoisotopic (exact) mass is 452 g/mol. The summed E-state index contributed by atoms with van der Waals surface area (Å²) >= 11 is 0. The highest BCUT2D eigenvalue weighted by Crippen LogP contribution is 2.27. The molecule has 34 heavy (non-hydrogen) atoms. The van der Waals surface area contributed by atoms with Crippen molar-refractivity contribution in [2.75, 3.05) is 41.8 Å². The second-order valence-electron chi connectivity index (χ2n) is 7.44. The minimum Gasteiger partial charge on any atom is -0.378 e. The summed E-state index contributed by atoms with van der Waals surface area (Å²) < 4.78 is 5.40. The molecule has 1 saturated heterocycles. The molecule has 5 heterocycles. The van der Waals surface area contributed by atoms with E-state index in [4.69, 9.17) is 11.2 Å². The summed E-state index contributed by atoms with van der Waals surface area (Å²) in [6.45, 7) is 3.06. The second-order valence-corrected chi connectivity index (χ2v) is 7.44. The molecule has 0 unspecified atom stereocenters. The van der Waals surface area contributed by atoms with Crippen LogP contribution in [0.15, 0.2) is 55.1 Å². The highest BCUT2D eigenvalue weighted by atomic mass is 16.5. The smallest absolute Gasteiger partial charge is 0.300 e. The van der Waals surface area contributed by atoms with E-state index in [1.54, 1.807) is 36.9 Å². The molecule has 1 aliphatic rings. The Morgan fingerprint density at radius 2 is 1.85 bits per heavy atom. The van der Waals surface area contributed by atoms with Crippen LogP contribution in [0.3, 0.4) is 0 Å². The lowest BCUT2D eigenvalue weighted by Crippen LogP contribution is -2.36. The van der Waals surface area contributed by atoms with E-state index in [1.165, 1.54) is 0 Å². The van der Waals surface area contributed by atoms with Crippen LogP contribution >= 0.6 is 0 Å². The zero-order chi connectivity index (χ0) is 23.3. The van der Waals surface area contributed by atoms with Crippen molar-refractivity contribution in [3.63, 3.8) is 0 Å². The van der Waals surface area contributed by atoms with Gasteiger partial charge in [-0.1, -0.05) is 0 Å². The molecule has 0 saturated carbocycles. The van der Waals surface area contributed by atoms with Crippen LogP contribution in [0.1, 0.15) is 0 Å². The third kappa shape index (κ3) is 4.60. The van der Waals surface area contributed by atoms with Gasteiger partial charge in [0.25, 0.3) is 5.91 Å². The first-order valence-corrected chi connectivity index (χ1v) is 10.6. The van der Waals surface area contributed by atoms with Crippen LogP contribution in [0.2, 0.25) is 0 Å². The third-order valence-electron chi connectivity index (χ3n) is 5.24. The highest BCUT2D eigenvalue weighted by molar-refractivity contribution is 6.03. The van der Waals surface area contributed by atoms with E-state index in [0.29, 0.717) is 41.6 Å². The van der Waals surface area contributed by atoms with Gasteiger partial charge in [0.1, 0.15) is 16.9 Å². The molecule has 10 nitrogen and oxygen atoms in total. The van der Waals surface area contributed by atoms with E-state index < -0.39 is 5.91 Å². The van der Waals surface area contributed by atoms with Gasteiger partial charge in [-0.15, -0.1) is 6.42 Å². The van der Waals surface area contributed by atoms with Gasteiger partial charge in [0.05, 0.1) is 37.0 Å². The quantitative estimate of drug-likeness (QED) is 0.441. The summed E-state index contributed by atoms with van der Waals surface area (Å²) in [7, 11) is 0. The van der Waals surface area contributed by atoms with Crippen LogP contribution in [0.4, 0.5) is 23.1 Å². The van der Waals surface area contributed by atoms with Gasteiger partial charge in [0.15, 0.2) is 0 Å².